The second-order valence-electron chi connectivity index (χ2n) is 10.0. The molecule has 8 nitrogen and oxygen atoms in total. The molecular formula is C29H32N6O2. The van der Waals surface area contributed by atoms with Crippen molar-refractivity contribution in [1.82, 2.24) is 24.8 Å². The van der Waals surface area contributed by atoms with Gasteiger partial charge in [0.15, 0.2) is 0 Å². The van der Waals surface area contributed by atoms with Crippen LogP contribution in [-0.2, 0) is 4.74 Å². The minimum atomic E-state index is -0.173. The van der Waals surface area contributed by atoms with Crippen molar-refractivity contribution in [2.45, 2.75) is 44.6 Å². The standard InChI is InChI=1S/C29H32N6O2/c1-19-31-17-23(18-32-19)26-16-22-10-11-30-29(36)27(22)28(34-26)33-24-6-2-20(3-7-24)21-4-8-25(9-5-21)35-12-14-37-15-13-35/h2-3,6-7,10-11,16-18,21,25H,4-5,8-9,12-15H2,1H3,(H,30,36)(H,33,34)/t21-,25-. The highest BCUT2D eigenvalue weighted by Gasteiger charge is 2.27. The van der Waals surface area contributed by atoms with Gasteiger partial charge in [0.05, 0.1) is 24.3 Å². The topological polar surface area (TPSA) is 96.0 Å². The van der Waals surface area contributed by atoms with Crippen LogP contribution in [0.25, 0.3) is 22.0 Å². The third kappa shape index (κ3) is 5.12. The molecule has 2 aliphatic rings. The number of nitrogens with one attached hydrogen (secondary N) is 2. The van der Waals surface area contributed by atoms with E-state index in [0.29, 0.717) is 34.7 Å². The van der Waals surface area contributed by atoms with E-state index in [-0.39, 0.29) is 5.56 Å². The second kappa shape index (κ2) is 10.4. The van der Waals surface area contributed by atoms with Crippen molar-refractivity contribution < 1.29 is 4.74 Å². The molecule has 2 N–H and O–H groups in total. The molecule has 3 aromatic heterocycles. The summed E-state index contributed by atoms with van der Waals surface area (Å²) >= 11 is 0. The number of H-pyrrole nitrogens is 1. The van der Waals surface area contributed by atoms with Gasteiger partial charge in [-0.3, -0.25) is 9.69 Å². The molecule has 190 valence electrons. The van der Waals surface area contributed by atoms with Gasteiger partial charge >= 0.3 is 0 Å². The van der Waals surface area contributed by atoms with E-state index in [1.165, 1.54) is 31.2 Å². The van der Waals surface area contributed by atoms with Gasteiger partial charge in [-0.15, -0.1) is 0 Å². The van der Waals surface area contributed by atoms with Crippen LogP contribution in [0, 0.1) is 6.92 Å². The van der Waals surface area contributed by atoms with Gasteiger partial charge in [-0.05, 0) is 73.7 Å². The maximum Gasteiger partial charge on any atom is 0.259 e. The maximum absolute atomic E-state index is 12.7. The van der Waals surface area contributed by atoms with Gasteiger partial charge in [0, 0.05) is 49.0 Å². The number of hydrogen-bond donors (Lipinski definition) is 2. The van der Waals surface area contributed by atoms with E-state index in [2.05, 4.69) is 49.4 Å². The van der Waals surface area contributed by atoms with Gasteiger partial charge in [0.25, 0.3) is 5.56 Å². The second-order valence-corrected chi connectivity index (χ2v) is 10.0. The number of anilines is 2. The lowest BCUT2D eigenvalue weighted by Crippen LogP contribution is -2.44. The predicted molar refractivity (Wildman–Crippen MR) is 145 cm³/mol. The normalized spacial score (nSPS) is 20.7. The zero-order valence-corrected chi connectivity index (χ0v) is 21.1. The highest BCUT2D eigenvalue weighted by atomic mass is 16.5. The van der Waals surface area contributed by atoms with Crippen LogP contribution < -0.4 is 10.9 Å². The Balaban J connectivity index is 1.21. The Kier molecular flexibility index (Phi) is 6.68. The summed E-state index contributed by atoms with van der Waals surface area (Å²) in [5.74, 6) is 1.82. The largest absolute Gasteiger partial charge is 0.379 e. The first kappa shape index (κ1) is 23.8. The van der Waals surface area contributed by atoms with Crippen LogP contribution in [0.15, 0.2) is 59.8 Å². The smallest absolute Gasteiger partial charge is 0.259 e. The minimum Gasteiger partial charge on any atom is -0.379 e. The van der Waals surface area contributed by atoms with Gasteiger partial charge in [-0.1, -0.05) is 12.1 Å². The van der Waals surface area contributed by atoms with E-state index in [9.17, 15) is 4.79 Å². The number of aryl methyl sites for hydroxylation is 1. The first-order chi connectivity index (χ1) is 18.1. The molecule has 0 radical (unpaired) electrons. The van der Waals surface area contributed by atoms with Crippen molar-refractivity contribution in [1.29, 1.82) is 0 Å². The molecule has 8 heteroatoms. The number of rotatable bonds is 5. The van der Waals surface area contributed by atoms with E-state index in [1.807, 2.05) is 19.1 Å². The summed E-state index contributed by atoms with van der Waals surface area (Å²) in [5, 5.41) is 4.74. The lowest BCUT2D eigenvalue weighted by Gasteiger charge is -2.38. The van der Waals surface area contributed by atoms with Crippen molar-refractivity contribution in [3.8, 4) is 11.3 Å². The molecule has 1 aromatic carbocycles. The van der Waals surface area contributed by atoms with Crippen LogP contribution in [0.4, 0.5) is 11.5 Å². The van der Waals surface area contributed by atoms with E-state index >= 15 is 0 Å². The van der Waals surface area contributed by atoms with Crippen LogP contribution in [0.2, 0.25) is 0 Å². The zero-order chi connectivity index (χ0) is 25.2. The molecule has 2 fully saturated rings. The molecular weight excluding hydrogens is 464 g/mol. The third-order valence-corrected chi connectivity index (χ3v) is 7.73. The first-order valence-electron chi connectivity index (χ1n) is 13.1. The average molecular weight is 497 g/mol. The van der Waals surface area contributed by atoms with Gasteiger partial charge in [-0.25, -0.2) is 15.0 Å². The number of aromatic amines is 1. The number of fused-ring (bicyclic) bond motifs is 1. The SMILES string of the molecule is Cc1ncc(-c2cc3cc[nH]c(=O)c3c(Nc3ccc([C@H]4CC[C@H](N5CCOCC5)CC4)cc3)n2)cn1. The lowest BCUT2D eigenvalue weighted by molar-refractivity contribution is 0.00730. The Morgan fingerprint density at radius 3 is 2.46 bits per heavy atom. The molecule has 1 saturated carbocycles. The molecule has 0 spiro atoms. The van der Waals surface area contributed by atoms with Gasteiger partial charge in [0.1, 0.15) is 11.6 Å². The van der Waals surface area contributed by atoms with E-state index in [0.717, 1.165) is 42.9 Å². The lowest BCUT2D eigenvalue weighted by atomic mass is 9.81. The van der Waals surface area contributed by atoms with Crippen LogP contribution in [0.1, 0.15) is 43.0 Å². The summed E-state index contributed by atoms with van der Waals surface area (Å²) in [6, 6.07) is 13.1. The van der Waals surface area contributed by atoms with Crippen LogP contribution in [0.3, 0.4) is 0 Å². The Morgan fingerprint density at radius 1 is 1.00 bits per heavy atom. The number of pyridine rings is 2. The monoisotopic (exact) mass is 496 g/mol. The maximum atomic E-state index is 12.7. The highest BCUT2D eigenvalue weighted by Crippen LogP contribution is 2.36. The molecule has 0 atom stereocenters. The molecule has 1 saturated heterocycles. The number of benzene rings is 1. The Morgan fingerprint density at radius 2 is 1.73 bits per heavy atom. The van der Waals surface area contributed by atoms with Crippen molar-refractivity contribution in [3.63, 3.8) is 0 Å². The quantitative estimate of drug-likeness (QED) is 0.410. The van der Waals surface area contributed by atoms with Gasteiger partial charge < -0.3 is 15.0 Å². The summed E-state index contributed by atoms with van der Waals surface area (Å²) < 4.78 is 5.52. The Labute approximate surface area is 216 Å². The zero-order valence-electron chi connectivity index (χ0n) is 21.1. The molecule has 4 heterocycles. The fourth-order valence-electron chi connectivity index (χ4n) is 5.67. The number of nitrogens with zero attached hydrogens (tertiary/aromatic N) is 4. The summed E-state index contributed by atoms with van der Waals surface area (Å²) in [6.45, 7) is 5.72. The van der Waals surface area contributed by atoms with Gasteiger partial charge in [-0.2, -0.15) is 0 Å². The molecule has 6 rings (SSSR count). The van der Waals surface area contributed by atoms with Crippen LogP contribution in [0.5, 0.6) is 0 Å². The average Bonchev–Trinajstić information content (AvgIpc) is 2.94. The van der Waals surface area contributed by atoms with E-state index < -0.39 is 0 Å². The fourth-order valence-corrected chi connectivity index (χ4v) is 5.67. The van der Waals surface area contributed by atoms with Crippen molar-refractivity contribution in [3.05, 3.63) is 76.7 Å². The highest BCUT2D eigenvalue weighted by molar-refractivity contribution is 5.95. The summed E-state index contributed by atoms with van der Waals surface area (Å²) in [6.07, 6.45) is 10.1. The Bertz CT molecular complexity index is 1420. The first-order valence-corrected chi connectivity index (χ1v) is 13.1. The van der Waals surface area contributed by atoms with Crippen molar-refractivity contribution >= 4 is 22.3 Å². The summed E-state index contributed by atoms with van der Waals surface area (Å²) in [4.78, 5) is 31.5. The molecule has 37 heavy (non-hydrogen) atoms. The van der Waals surface area contributed by atoms with Crippen LogP contribution >= 0.6 is 0 Å². The van der Waals surface area contributed by atoms with E-state index in [4.69, 9.17) is 9.72 Å². The molecule has 4 aromatic rings. The number of aromatic nitrogens is 4. The molecule has 1 aliphatic carbocycles. The molecule has 0 amide bonds. The number of hydrogen-bond acceptors (Lipinski definition) is 7. The van der Waals surface area contributed by atoms with E-state index in [1.54, 1.807) is 18.6 Å². The molecule has 0 unspecified atom stereocenters. The third-order valence-electron chi connectivity index (χ3n) is 7.73. The minimum absolute atomic E-state index is 0.173. The Hall–Kier alpha value is -3.62. The summed E-state index contributed by atoms with van der Waals surface area (Å²) in [7, 11) is 0. The van der Waals surface area contributed by atoms with Crippen molar-refractivity contribution in [2.75, 3.05) is 31.6 Å². The predicted octanol–water partition coefficient (Wildman–Crippen LogP) is 4.79. The fraction of sp³-hybridized carbons (Fsp3) is 0.379. The number of morpholine rings is 1. The summed E-state index contributed by atoms with van der Waals surface area (Å²) in [5.41, 5.74) is 3.63. The van der Waals surface area contributed by atoms with Crippen molar-refractivity contribution in [2.24, 2.45) is 0 Å². The number of ether oxygens (including phenoxy) is 1. The van der Waals surface area contributed by atoms with Crippen LogP contribution in [-0.4, -0.2) is 57.2 Å². The molecule has 1 aliphatic heterocycles. The molecule has 0 bridgehead atoms. The van der Waals surface area contributed by atoms with Gasteiger partial charge in [0.2, 0.25) is 0 Å².